The summed E-state index contributed by atoms with van der Waals surface area (Å²) in [5.41, 5.74) is 2.95. The molecule has 9 nitrogen and oxygen atoms in total. The Bertz CT molecular complexity index is 1620. The van der Waals surface area contributed by atoms with Crippen LogP contribution in [0.3, 0.4) is 0 Å². The molecule has 196 valence electrons. The second-order valence-corrected chi connectivity index (χ2v) is 8.56. The molecule has 0 saturated heterocycles. The van der Waals surface area contributed by atoms with E-state index in [4.69, 9.17) is 9.47 Å². The van der Waals surface area contributed by atoms with Gasteiger partial charge in [0, 0.05) is 12.8 Å². The fraction of sp³-hybridized carbons (Fsp3) is 0.167. The van der Waals surface area contributed by atoms with Gasteiger partial charge in [-0.25, -0.2) is 0 Å². The number of pyridine rings is 1. The molecule has 0 aliphatic heterocycles. The standard InChI is InChI=1S/C30H27N5O4/c1-20-25(18-31)29(36)35(16-15-21-9-14-27(38-2)28(17-21)39-3)30(37)26(20)19-32-22-10-12-24(13-11-22)34-33-23-7-5-4-6-8-23/h4-14,17,19,37H,15-16H2,1-3H3. The molecule has 0 atom stereocenters. The summed E-state index contributed by atoms with van der Waals surface area (Å²) in [6, 6.07) is 23.9. The maximum atomic E-state index is 13.0. The van der Waals surface area contributed by atoms with Crippen molar-refractivity contribution in [2.45, 2.75) is 19.9 Å². The first-order valence-electron chi connectivity index (χ1n) is 12.1. The zero-order valence-electron chi connectivity index (χ0n) is 21.8. The first-order chi connectivity index (χ1) is 18.9. The van der Waals surface area contributed by atoms with Gasteiger partial charge in [-0.3, -0.25) is 14.4 Å². The van der Waals surface area contributed by atoms with Crippen LogP contribution in [-0.4, -0.2) is 30.1 Å². The Balaban J connectivity index is 1.58. The number of nitrogens with zero attached hydrogens (tertiary/aromatic N) is 5. The van der Waals surface area contributed by atoms with Crippen LogP contribution in [-0.2, 0) is 13.0 Å². The van der Waals surface area contributed by atoms with Crippen molar-refractivity contribution in [3.05, 3.63) is 105 Å². The van der Waals surface area contributed by atoms with Crippen LogP contribution in [0.4, 0.5) is 17.1 Å². The smallest absolute Gasteiger partial charge is 0.271 e. The topological polar surface area (TPSA) is 122 Å². The molecule has 4 rings (SSSR count). The van der Waals surface area contributed by atoms with Crippen LogP contribution in [0.5, 0.6) is 17.4 Å². The normalized spacial score (nSPS) is 11.1. The monoisotopic (exact) mass is 521 g/mol. The lowest BCUT2D eigenvalue weighted by Gasteiger charge is -2.15. The number of methoxy groups -OCH3 is 2. The number of hydrogen-bond acceptors (Lipinski definition) is 8. The van der Waals surface area contributed by atoms with Crippen LogP contribution < -0.4 is 15.0 Å². The number of ether oxygens (including phenoxy) is 2. The van der Waals surface area contributed by atoms with E-state index in [1.54, 1.807) is 51.5 Å². The molecule has 9 heteroatoms. The molecule has 0 aliphatic carbocycles. The predicted molar refractivity (Wildman–Crippen MR) is 149 cm³/mol. The minimum absolute atomic E-state index is 0.0433. The summed E-state index contributed by atoms with van der Waals surface area (Å²) in [5.74, 6) is 0.900. The van der Waals surface area contributed by atoms with E-state index >= 15 is 0 Å². The van der Waals surface area contributed by atoms with Gasteiger partial charge in [0.2, 0.25) is 5.88 Å². The van der Waals surface area contributed by atoms with Gasteiger partial charge < -0.3 is 14.6 Å². The van der Waals surface area contributed by atoms with Gasteiger partial charge in [-0.05, 0) is 73.0 Å². The fourth-order valence-corrected chi connectivity index (χ4v) is 3.96. The number of aryl methyl sites for hydroxylation is 1. The van der Waals surface area contributed by atoms with E-state index in [0.717, 1.165) is 11.3 Å². The lowest BCUT2D eigenvalue weighted by molar-refractivity contribution is 0.354. The van der Waals surface area contributed by atoms with Crippen LogP contribution in [0.2, 0.25) is 0 Å². The molecule has 0 unspecified atom stereocenters. The maximum Gasteiger partial charge on any atom is 0.271 e. The number of nitriles is 1. The highest BCUT2D eigenvalue weighted by molar-refractivity contribution is 5.87. The Hall–Kier alpha value is -5.23. The molecule has 39 heavy (non-hydrogen) atoms. The highest BCUT2D eigenvalue weighted by Gasteiger charge is 2.18. The van der Waals surface area contributed by atoms with E-state index in [0.29, 0.717) is 40.4 Å². The Morgan fingerprint density at radius 3 is 2.21 bits per heavy atom. The van der Waals surface area contributed by atoms with Crippen molar-refractivity contribution < 1.29 is 14.6 Å². The molecule has 0 bridgehead atoms. The van der Waals surface area contributed by atoms with Crippen LogP contribution in [0.1, 0.15) is 22.3 Å². The van der Waals surface area contributed by atoms with Gasteiger partial charge in [0.25, 0.3) is 5.56 Å². The minimum atomic E-state index is -0.557. The molecule has 0 fully saturated rings. The number of aromatic hydroxyl groups is 1. The molecule has 1 heterocycles. The predicted octanol–water partition coefficient (Wildman–Crippen LogP) is 6.16. The molecular weight excluding hydrogens is 494 g/mol. The van der Waals surface area contributed by atoms with Gasteiger partial charge in [-0.15, -0.1) is 0 Å². The zero-order chi connectivity index (χ0) is 27.8. The number of benzene rings is 3. The molecule has 0 aliphatic rings. The fourth-order valence-electron chi connectivity index (χ4n) is 3.96. The Morgan fingerprint density at radius 2 is 1.56 bits per heavy atom. The summed E-state index contributed by atoms with van der Waals surface area (Å²) in [7, 11) is 3.10. The van der Waals surface area contributed by atoms with Gasteiger partial charge in [0.05, 0.1) is 36.8 Å². The van der Waals surface area contributed by atoms with E-state index in [1.165, 1.54) is 10.8 Å². The molecule has 1 N–H and O–H groups in total. The molecule has 3 aromatic carbocycles. The summed E-state index contributed by atoms with van der Waals surface area (Å²) in [6.07, 6.45) is 1.87. The molecule has 0 amide bonds. The summed E-state index contributed by atoms with van der Waals surface area (Å²) in [4.78, 5) is 17.4. The van der Waals surface area contributed by atoms with E-state index in [2.05, 4.69) is 15.2 Å². The number of aliphatic imine (C=N–C) groups is 1. The maximum absolute atomic E-state index is 13.0. The van der Waals surface area contributed by atoms with E-state index in [1.807, 2.05) is 48.5 Å². The molecule has 0 radical (unpaired) electrons. The van der Waals surface area contributed by atoms with Crippen molar-refractivity contribution in [3.63, 3.8) is 0 Å². The Morgan fingerprint density at radius 1 is 0.923 bits per heavy atom. The second kappa shape index (κ2) is 12.3. The van der Waals surface area contributed by atoms with Crippen molar-refractivity contribution >= 4 is 23.3 Å². The highest BCUT2D eigenvalue weighted by Crippen LogP contribution is 2.28. The van der Waals surface area contributed by atoms with E-state index in [-0.39, 0.29) is 18.0 Å². The average Bonchev–Trinajstić information content (AvgIpc) is 2.97. The van der Waals surface area contributed by atoms with Gasteiger partial charge in [0.1, 0.15) is 11.6 Å². The second-order valence-electron chi connectivity index (χ2n) is 8.56. The van der Waals surface area contributed by atoms with Gasteiger partial charge in [0.15, 0.2) is 11.5 Å². The Labute approximate surface area is 226 Å². The van der Waals surface area contributed by atoms with E-state index < -0.39 is 5.56 Å². The van der Waals surface area contributed by atoms with Crippen molar-refractivity contribution in [3.8, 4) is 23.4 Å². The third-order valence-electron chi connectivity index (χ3n) is 6.15. The third kappa shape index (κ3) is 6.19. The quantitative estimate of drug-likeness (QED) is 0.209. The number of hydrogen-bond donors (Lipinski definition) is 1. The van der Waals surface area contributed by atoms with E-state index in [9.17, 15) is 15.2 Å². The van der Waals surface area contributed by atoms with Crippen LogP contribution in [0.25, 0.3) is 0 Å². The summed E-state index contributed by atoms with van der Waals surface area (Å²) >= 11 is 0. The highest BCUT2D eigenvalue weighted by atomic mass is 16.5. The van der Waals surface area contributed by atoms with Gasteiger partial charge in [-0.2, -0.15) is 15.5 Å². The number of rotatable bonds is 9. The van der Waals surface area contributed by atoms with Crippen LogP contribution in [0.15, 0.2) is 92.8 Å². The minimum Gasteiger partial charge on any atom is -0.494 e. The third-order valence-corrected chi connectivity index (χ3v) is 6.15. The molecular formula is C30H27N5O4. The number of azo groups is 1. The average molecular weight is 522 g/mol. The van der Waals surface area contributed by atoms with Crippen LogP contribution in [0, 0.1) is 18.3 Å². The lowest BCUT2D eigenvalue weighted by atomic mass is 10.1. The van der Waals surface area contributed by atoms with Crippen molar-refractivity contribution in [1.82, 2.24) is 4.57 Å². The van der Waals surface area contributed by atoms with Crippen molar-refractivity contribution in [2.75, 3.05) is 14.2 Å². The largest absolute Gasteiger partial charge is 0.494 e. The molecule has 4 aromatic rings. The SMILES string of the molecule is COc1ccc(CCn2c(O)c(C=Nc3ccc(N=Nc4ccccc4)cc3)c(C)c(C#N)c2=O)cc1OC. The van der Waals surface area contributed by atoms with Gasteiger partial charge >= 0.3 is 0 Å². The number of aromatic nitrogens is 1. The summed E-state index contributed by atoms with van der Waals surface area (Å²) < 4.78 is 11.8. The van der Waals surface area contributed by atoms with Crippen molar-refractivity contribution in [2.24, 2.45) is 15.2 Å². The summed E-state index contributed by atoms with van der Waals surface area (Å²) in [5, 5.41) is 29.1. The lowest BCUT2D eigenvalue weighted by Crippen LogP contribution is -2.26. The Kier molecular flexibility index (Phi) is 8.49. The molecule has 0 saturated carbocycles. The summed E-state index contributed by atoms with van der Waals surface area (Å²) in [6.45, 7) is 1.77. The molecule has 1 aromatic heterocycles. The first kappa shape index (κ1) is 26.8. The molecule has 0 spiro atoms. The van der Waals surface area contributed by atoms with Gasteiger partial charge in [-0.1, -0.05) is 24.3 Å². The van der Waals surface area contributed by atoms with Crippen LogP contribution >= 0.6 is 0 Å². The first-order valence-corrected chi connectivity index (χ1v) is 12.1. The van der Waals surface area contributed by atoms with Crippen molar-refractivity contribution in [1.29, 1.82) is 5.26 Å². The zero-order valence-corrected chi connectivity index (χ0v) is 21.8.